The van der Waals surface area contributed by atoms with E-state index in [2.05, 4.69) is 33.6 Å². The van der Waals surface area contributed by atoms with Gasteiger partial charge in [0.25, 0.3) is 11.8 Å². The molecule has 4 aliphatic rings. The standard InChI is InChI=1S/2C20H21N3O4/c2*21-18(25)16-11-23-10-14(12-24)27-17-4-3-13(9-15(17)19(23)22-16)5-8-20(26)6-1-2-7-20/h2*3-4,9,11,14,24,26H,1-2,6-7,10,12H2,(H2,21,25)/t14-;/m0./s1. The molecule has 4 heterocycles. The highest BCUT2D eigenvalue weighted by atomic mass is 16.5. The Balaban J connectivity index is 0.000000167. The normalized spacial score (nSPS) is 19.9. The third kappa shape index (κ3) is 7.83. The van der Waals surface area contributed by atoms with Crippen molar-refractivity contribution in [1.82, 2.24) is 19.1 Å². The number of imidazole rings is 2. The van der Waals surface area contributed by atoms with Crippen LogP contribution in [0.15, 0.2) is 48.8 Å². The van der Waals surface area contributed by atoms with Gasteiger partial charge in [-0.05, 0) is 87.8 Å². The van der Waals surface area contributed by atoms with E-state index in [9.17, 15) is 30.0 Å². The highest BCUT2D eigenvalue weighted by Gasteiger charge is 2.30. The number of carbonyl (C=O) groups excluding carboxylic acids is 2. The lowest BCUT2D eigenvalue weighted by molar-refractivity contribution is 0.0985. The molecule has 2 saturated carbocycles. The lowest BCUT2D eigenvalue weighted by atomic mass is 10.0. The maximum Gasteiger partial charge on any atom is 0.268 e. The third-order valence-electron chi connectivity index (χ3n) is 10.0. The Hall–Kier alpha value is -5.64. The number of primary amides is 2. The van der Waals surface area contributed by atoms with Crippen LogP contribution in [0.2, 0.25) is 0 Å². The predicted octanol–water partition coefficient (Wildman–Crippen LogP) is 2.12. The highest BCUT2D eigenvalue weighted by Crippen LogP contribution is 2.36. The van der Waals surface area contributed by atoms with Crippen LogP contribution in [-0.2, 0) is 13.1 Å². The minimum Gasteiger partial charge on any atom is -0.485 e. The number of aromatic nitrogens is 4. The summed E-state index contributed by atoms with van der Waals surface area (Å²) >= 11 is 0. The number of aliphatic hydroxyl groups excluding tert-OH is 2. The van der Waals surface area contributed by atoms with Crippen molar-refractivity contribution in [1.29, 1.82) is 0 Å². The minimum atomic E-state index is -0.914. The number of amides is 2. The van der Waals surface area contributed by atoms with Gasteiger partial charge in [0.1, 0.15) is 57.9 Å². The summed E-state index contributed by atoms with van der Waals surface area (Å²) in [5, 5.41) is 40.0. The lowest BCUT2D eigenvalue weighted by Crippen LogP contribution is -2.25. The number of aliphatic hydroxyl groups is 4. The summed E-state index contributed by atoms with van der Waals surface area (Å²) in [5.41, 5.74) is 12.0. The molecule has 280 valence electrons. The first-order valence-corrected chi connectivity index (χ1v) is 18.0. The van der Waals surface area contributed by atoms with E-state index in [0.717, 1.165) is 36.8 Å². The SMILES string of the molecule is NC(=O)c1cn2c(n1)-c1cc(C#CC3(O)CCCC3)ccc1OC(CO)C2.NC(=O)c1cn2c(n1)-c1cc(C#CC3(O)CCCC3)ccc1O[C@H](CO)C2. The van der Waals surface area contributed by atoms with Crippen molar-refractivity contribution in [2.24, 2.45) is 11.5 Å². The molecule has 14 nitrogen and oxygen atoms in total. The topological polar surface area (TPSA) is 221 Å². The van der Waals surface area contributed by atoms with Gasteiger partial charge in [-0.25, -0.2) is 9.97 Å². The number of hydrogen-bond donors (Lipinski definition) is 6. The van der Waals surface area contributed by atoms with Crippen LogP contribution in [0.3, 0.4) is 0 Å². The molecule has 54 heavy (non-hydrogen) atoms. The van der Waals surface area contributed by atoms with Crippen LogP contribution in [-0.4, -0.2) is 88.0 Å². The number of hydrogen-bond acceptors (Lipinski definition) is 10. The number of nitrogens with two attached hydrogens (primary N) is 2. The summed E-state index contributed by atoms with van der Waals surface area (Å²) in [4.78, 5) is 31.8. The quantitative estimate of drug-likeness (QED) is 0.168. The fourth-order valence-electron chi connectivity index (χ4n) is 7.16. The monoisotopic (exact) mass is 734 g/mol. The zero-order chi connectivity index (χ0) is 38.0. The van der Waals surface area contributed by atoms with E-state index in [1.54, 1.807) is 33.7 Å². The van der Waals surface area contributed by atoms with Gasteiger partial charge in [-0.15, -0.1) is 0 Å². The fourth-order valence-corrected chi connectivity index (χ4v) is 7.16. The molecule has 4 aromatic rings. The average Bonchev–Trinajstić information content (AvgIpc) is 3.96. The van der Waals surface area contributed by atoms with Gasteiger partial charge in [-0.3, -0.25) is 9.59 Å². The van der Waals surface area contributed by atoms with Crippen molar-refractivity contribution >= 4 is 11.8 Å². The summed E-state index contributed by atoms with van der Waals surface area (Å²) in [6.45, 7) is 0.359. The van der Waals surface area contributed by atoms with E-state index in [1.807, 2.05) is 24.3 Å². The van der Waals surface area contributed by atoms with Crippen molar-refractivity contribution in [2.45, 2.75) is 87.9 Å². The van der Waals surface area contributed by atoms with Crippen LogP contribution in [0.1, 0.15) is 83.5 Å². The molecule has 14 heteroatoms. The molecule has 0 spiro atoms. The Kier molecular flexibility index (Phi) is 10.2. The molecule has 2 aromatic carbocycles. The first kappa shape index (κ1) is 36.7. The van der Waals surface area contributed by atoms with Crippen molar-refractivity contribution in [2.75, 3.05) is 13.2 Å². The van der Waals surface area contributed by atoms with Crippen LogP contribution < -0.4 is 20.9 Å². The molecule has 2 aromatic heterocycles. The zero-order valence-electron chi connectivity index (χ0n) is 29.6. The second-order valence-electron chi connectivity index (χ2n) is 14.2. The molecule has 2 aliphatic carbocycles. The number of rotatable bonds is 4. The highest BCUT2D eigenvalue weighted by molar-refractivity contribution is 5.92. The Morgan fingerprint density at radius 3 is 1.44 bits per heavy atom. The maximum atomic E-state index is 11.5. The zero-order valence-corrected chi connectivity index (χ0v) is 29.6. The van der Waals surface area contributed by atoms with Gasteiger partial charge in [0.15, 0.2) is 0 Å². The number of carbonyl (C=O) groups is 2. The molecular weight excluding hydrogens is 692 g/mol. The van der Waals surface area contributed by atoms with E-state index < -0.39 is 35.2 Å². The molecule has 0 bridgehead atoms. The van der Waals surface area contributed by atoms with Crippen molar-refractivity contribution in [3.63, 3.8) is 0 Å². The molecule has 8 rings (SSSR count). The Bertz CT molecular complexity index is 2050. The Labute approximate surface area is 311 Å². The van der Waals surface area contributed by atoms with Gasteiger partial charge in [-0.2, -0.15) is 0 Å². The smallest absolute Gasteiger partial charge is 0.268 e. The molecule has 2 amide bonds. The van der Waals surface area contributed by atoms with Gasteiger partial charge in [0.05, 0.1) is 37.4 Å². The predicted molar refractivity (Wildman–Crippen MR) is 196 cm³/mol. The molecule has 2 aliphatic heterocycles. The molecule has 2 fully saturated rings. The summed E-state index contributed by atoms with van der Waals surface area (Å²) in [6, 6.07) is 10.8. The summed E-state index contributed by atoms with van der Waals surface area (Å²) in [6.07, 6.45) is 8.92. The number of fused-ring (bicyclic) bond motifs is 6. The maximum absolute atomic E-state index is 11.5. The van der Waals surface area contributed by atoms with Crippen molar-refractivity contribution in [3.8, 4) is 58.0 Å². The third-order valence-corrected chi connectivity index (χ3v) is 10.0. The molecule has 0 saturated heterocycles. The van der Waals surface area contributed by atoms with Gasteiger partial charge in [-0.1, -0.05) is 23.7 Å². The molecule has 2 atom stereocenters. The van der Waals surface area contributed by atoms with E-state index in [0.29, 0.717) is 73.0 Å². The second kappa shape index (κ2) is 15.0. The van der Waals surface area contributed by atoms with Crippen LogP contribution in [0.25, 0.3) is 22.8 Å². The molecule has 1 unspecified atom stereocenters. The van der Waals surface area contributed by atoms with Crippen molar-refractivity contribution < 1.29 is 39.5 Å². The summed E-state index contributed by atoms with van der Waals surface area (Å²) < 4.78 is 15.3. The van der Waals surface area contributed by atoms with Crippen LogP contribution in [0, 0.1) is 23.7 Å². The Morgan fingerprint density at radius 2 is 1.09 bits per heavy atom. The number of benzene rings is 2. The Morgan fingerprint density at radius 1 is 0.704 bits per heavy atom. The van der Waals surface area contributed by atoms with Crippen LogP contribution in [0.4, 0.5) is 0 Å². The van der Waals surface area contributed by atoms with E-state index in [4.69, 9.17) is 20.9 Å². The van der Waals surface area contributed by atoms with Crippen molar-refractivity contribution in [3.05, 3.63) is 71.3 Å². The van der Waals surface area contributed by atoms with E-state index >= 15 is 0 Å². The molecule has 8 N–H and O–H groups in total. The summed E-state index contributed by atoms with van der Waals surface area (Å²) in [5.74, 6) is 13.0. The van der Waals surface area contributed by atoms with Gasteiger partial charge in [0, 0.05) is 23.5 Å². The first-order chi connectivity index (χ1) is 25.9. The summed E-state index contributed by atoms with van der Waals surface area (Å²) in [7, 11) is 0. The minimum absolute atomic E-state index is 0.159. The van der Waals surface area contributed by atoms with Crippen LogP contribution in [0.5, 0.6) is 11.5 Å². The lowest BCUT2D eigenvalue weighted by Gasteiger charge is -2.15. The first-order valence-electron chi connectivity index (χ1n) is 18.0. The molecular formula is C40H42N6O8. The fraction of sp³-hybridized carbons (Fsp3) is 0.400. The largest absolute Gasteiger partial charge is 0.485 e. The number of ether oxygens (including phenoxy) is 2. The van der Waals surface area contributed by atoms with E-state index in [-0.39, 0.29) is 24.6 Å². The number of nitrogens with zero attached hydrogens (tertiary/aromatic N) is 4. The van der Waals surface area contributed by atoms with Gasteiger partial charge < -0.3 is 50.5 Å². The van der Waals surface area contributed by atoms with Crippen LogP contribution >= 0.6 is 0 Å². The average molecular weight is 735 g/mol. The van der Waals surface area contributed by atoms with E-state index in [1.165, 1.54) is 0 Å². The second-order valence-corrected chi connectivity index (χ2v) is 14.2. The van der Waals surface area contributed by atoms with Gasteiger partial charge >= 0.3 is 0 Å². The van der Waals surface area contributed by atoms with Gasteiger partial charge in [0.2, 0.25) is 0 Å². The molecule has 0 radical (unpaired) electrons.